The van der Waals surface area contributed by atoms with Gasteiger partial charge in [0.2, 0.25) is 10.0 Å². The van der Waals surface area contributed by atoms with Crippen molar-refractivity contribution < 1.29 is 17.6 Å². The molecule has 0 fully saturated rings. The van der Waals surface area contributed by atoms with Crippen molar-refractivity contribution in [3.05, 3.63) is 88.3 Å². The van der Waals surface area contributed by atoms with Gasteiger partial charge in [0, 0.05) is 10.6 Å². The van der Waals surface area contributed by atoms with Gasteiger partial charge in [0.15, 0.2) is 0 Å². The first kappa shape index (κ1) is 20.8. The Morgan fingerprint density at radius 1 is 1.07 bits per heavy atom. The summed E-state index contributed by atoms with van der Waals surface area (Å²) in [6.45, 7) is 1.90. The number of amides is 1. The highest BCUT2D eigenvalue weighted by atomic mass is 35.5. The van der Waals surface area contributed by atoms with E-state index in [9.17, 15) is 13.2 Å². The van der Waals surface area contributed by atoms with Gasteiger partial charge in [0.25, 0.3) is 5.91 Å². The third kappa shape index (κ3) is 5.77. The molecule has 0 bridgehead atoms. The Morgan fingerprint density at radius 2 is 1.76 bits per heavy atom. The molecule has 7 nitrogen and oxygen atoms in total. The quantitative estimate of drug-likeness (QED) is 0.441. The van der Waals surface area contributed by atoms with Crippen LogP contribution in [0.2, 0.25) is 5.02 Å². The number of aryl methyl sites for hydroxylation is 1. The van der Waals surface area contributed by atoms with E-state index in [1.165, 1.54) is 30.5 Å². The van der Waals surface area contributed by atoms with Crippen LogP contribution in [0, 0.1) is 6.92 Å². The van der Waals surface area contributed by atoms with Crippen LogP contribution >= 0.6 is 11.6 Å². The van der Waals surface area contributed by atoms with E-state index >= 15 is 0 Å². The van der Waals surface area contributed by atoms with Crippen LogP contribution in [0.1, 0.15) is 27.4 Å². The van der Waals surface area contributed by atoms with Crippen molar-refractivity contribution in [1.82, 2.24) is 10.1 Å². The van der Waals surface area contributed by atoms with Gasteiger partial charge in [0.05, 0.1) is 17.7 Å². The highest BCUT2D eigenvalue weighted by molar-refractivity contribution is 7.89. The molecule has 0 saturated carbocycles. The Balaban J connectivity index is 1.55. The van der Waals surface area contributed by atoms with E-state index in [-0.39, 0.29) is 17.3 Å². The molecule has 2 N–H and O–H groups in total. The molecular weight excluding hydrogens is 414 g/mol. The highest BCUT2D eigenvalue weighted by Crippen LogP contribution is 2.15. The van der Waals surface area contributed by atoms with Crippen molar-refractivity contribution >= 4 is 33.7 Å². The zero-order chi connectivity index (χ0) is 20.9. The molecular formula is C20H18ClN3O4S. The molecule has 2 aromatic carbocycles. The van der Waals surface area contributed by atoms with Crippen LogP contribution in [0.4, 0.5) is 0 Å². The van der Waals surface area contributed by atoms with E-state index in [4.69, 9.17) is 16.0 Å². The number of carbonyl (C=O) groups is 1. The molecule has 3 aromatic rings. The van der Waals surface area contributed by atoms with E-state index in [0.29, 0.717) is 22.1 Å². The Morgan fingerprint density at radius 3 is 2.45 bits per heavy atom. The van der Waals surface area contributed by atoms with Gasteiger partial charge in [-0.25, -0.2) is 18.6 Å². The summed E-state index contributed by atoms with van der Waals surface area (Å²) in [5.74, 6) is 0.424. The largest absolute Gasteiger partial charge is 0.459 e. The van der Waals surface area contributed by atoms with Crippen LogP contribution in [-0.4, -0.2) is 20.5 Å². The molecule has 0 spiro atoms. The van der Waals surface area contributed by atoms with Gasteiger partial charge < -0.3 is 4.42 Å². The van der Waals surface area contributed by atoms with E-state index in [1.807, 2.05) is 19.1 Å². The fourth-order valence-corrected chi connectivity index (χ4v) is 3.47. The lowest BCUT2D eigenvalue weighted by Crippen LogP contribution is -2.22. The monoisotopic (exact) mass is 431 g/mol. The SMILES string of the molecule is Cc1ccc(C(=O)N/N=C\c2ccc(CNS(=O)(=O)c3ccc(Cl)cc3)o2)cc1. The maximum absolute atomic E-state index is 12.3. The second-order valence-electron chi connectivity index (χ2n) is 6.15. The number of benzene rings is 2. The van der Waals surface area contributed by atoms with E-state index in [0.717, 1.165) is 5.56 Å². The minimum absolute atomic E-state index is 0.0332. The standard InChI is InChI=1S/C20H18ClN3O4S/c1-14-2-4-15(5-3-14)20(25)24-22-12-17-8-9-18(28-17)13-23-29(26,27)19-10-6-16(21)7-11-19/h2-12,23H,13H2,1H3,(H,24,25)/b22-12-. The average Bonchev–Trinajstić information content (AvgIpc) is 3.15. The van der Waals surface area contributed by atoms with Crippen molar-refractivity contribution in [3.63, 3.8) is 0 Å². The van der Waals surface area contributed by atoms with Gasteiger partial charge in [-0.3, -0.25) is 4.79 Å². The van der Waals surface area contributed by atoms with Crippen molar-refractivity contribution in [3.8, 4) is 0 Å². The number of sulfonamides is 1. The third-order valence-electron chi connectivity index (χ3n) is 3.91. The molecule has 0 aliphatic heterocycles. The fourth-order valence-electron chi connectivity index (χ4n) is 2.35. The van der Waals surface area contributed by atoms with Crippen LogP contribution in [-0.2, 0) is 16.6 Å². The summed E-state index contributed by atoms with van der Waals surface area (Å²) >= 11 is 5.77. The van der Waals surface area contributed by atoms with Crippen LogP contribution in [0.3, 0.4) is 0 Å². The first-order valence-corrected chi connectivity index (χ1v) is 10.4. The minimum Gasteiger partial charge on any atom is -0.459 e. The summed E-state index contributed by atoms with van der Waals surface area (Å²) in [7, 11) is -3.69. The summed E-state index contributed by atoms with van der Waals surface area (Å²) in [4.78, 5) is 12.1. The second-order valence-corrected chi connectivity index (χ2v) is 8.35. The van der Waals surface area contributed by atoms with Crippen LogP contribution < -0.4 is 10.1 Å². The minimum atomic E-state index is -3.69. The molecule has 1 amide bonds. The van der Waals surface area contributed by atoms with Gasteiger partial charge >= 0.3 is 0 Å². The number of hydrazone groups is 1. The average molecular weight is 432 g/mol. The number of nitrogens with one attached hydrogen (secondary N) is 2. The number of nitrogens with zero attached hydrogens (tertiary/aromatic N) is 1. The van der Waals surface area contributed by atoms with Gasteiger partial charge in [-0.2, -0.15) is 5.10 Å². The molecule has 1 aromatic heterocycles. The second kappa shape index (κ2) is 9.04. The third-order valence-corrected chi connectivity index (χ3v) is 5.58. The van der Waals surface area contributed by atoms with E-state index in [1.54, 1.807) is 24.3 Å². The van der Waals surface area contributed by atoms with Crippen LogP contribution in [0.5, 0.6) is 0 Å². The van der Waals surface area contributed by atoms with Crippen molar-refractivity contribution in [2.24, 2.45) is 5.10 Å². The van der Waals surface area contributed by atoms with Gasteiger partial charge in [0.1, 0.15) is 11.5 Å². The highest BCUT2D eigenvalue weighted by Gasteiger charge is 2.14. The Kier molecular flexibility index (Phi) is 6.48. The predicted octanol–water partition coefficient (Wildman–Crippen LogP) is 3.48. The van der Waals surface area contributed by atoms with Gasteiger partial charge in [-0.05, 0) is 55.5 Å². The molecule has 0 aliphatic rings. The molecule has 0 radical (unpaired) electrons. The van der Waals surface area contributed by atoms with Gasteiger partial charge in [-0.15, -0.1) is 0 Å². The molecule has 1 heterocycles. The Bertz CT molecular complexity index is 1120. The molecule has 29 heavy (non-hydrogen) atoms. The lowest BCUT2D eigenvalue weighted by atomic mass is 10.1. The number of rotatable bonds is 7. The Labute approximate surface area is 173 Å². The molecule has 0 atom stereocenters. The normalized spacial score (nSPS) is 11.7. The smallest absolute Gasteiger partial charge is 0.271 e. The zero-order valence-electron chi connectivity index (χ0n) is 15.4. The van der Waals surface area contributed by atoms with Gasteiger partial charge in [-0.1, -0.05) is 29.3 Å². The van der Waals surface area contributed by atoms with E-state index in [2.05, 4.69) is 15.2 Å². The lowest BCUT2D eigenvalue weighted by molar-refractivity contribution is 0.0955. The van der Waals surface area contributed by atoms with Crippen LogP contribution in [0.25, 0.3) is 0 Å². The van der Waals surface area contributed by atoms with Crippen molar-refractivity contribution in [1.29, 1.82) is 0 Å². The molecule has 3 rings (SSSR count). The number of halogens is 1. The predicted molar refractivity (Wildman–Crippen MR) is 110 cm³/mol. The topological polar surface area (TPSA) is 101 Å². The fraction of sp³-hybridized carbons (Fsp3) is 0.100. The number of hydrogen-bond donors (Lipinski definition) is 2. The summed E-state index contributed by atoms with van der Waals surface area (Å²) in [6.07, 6.45) is 1.34. The number of hydrogen-bond acceptors (Lipinski definition) is 5. The molecule has 0 saturated heterocycles. The van der Waals surface area contributed by atoms with Crippen molar-refractivity contribution in [2.45, 2.75) is 18.4 Å². The number of furan rings is 1. The van der Waals surface area contributed by atoms with E-state index < -0.39 is 10.0 Å². The molecule has 0 aliphatic carbocycles. The molecule has 0 unspecified atom stereocenters. The van der Waals surface area contributed by atoms with Crippen molar-refractivity contribution in [2.75, 3.05) is 0 Å². The maximum Gasteiger partial charge on any atom is 0.271 e. The lowest BCUT2D eigenvalue weighted by Gasteiger charge is -2.05. The number of carbonyl (C=O) groups excluding carboxylic acids is 1. The summed E-state index contributed by atoms with van der Waals surface area (Å²) in [5.41, 5.74) is 3.95. The Hall–Kier alpha value is -2.94. The summed E-state index contributed by atoms with van der Waals surface area (Å²) < 4.78 is 32.4. The molecule has 150 valence electrons. The van der Waals surface area contributed by atoms with Crippen LogP contribution in [0.15, 0.2) is 75.1 Å². The zero-order valence-corrected chi connectivity index (χ0v) is 17.0. The first-order chi connectivity index (χ1) is 13.8. The molecule has 9 heteroatoms. The summed E-state index contributed by atoms with van der Waals surface area (Å²) in [5, 5.41) is 4.30. The first-order valence-electron chi connectivity index (χ1n) is 8.57. The maximum atomic E-state index is 12.3. The summed E-state index contributed by atoms with van der Waals surface area (Å²) in [6, 6.07) is 16.2.